The van der Waals surface area contributed by atoms with E-state index >= 15 is 0 Å². The molecule has 206 valence electrons. The average Bonchev–Trinajstić information content (AvgIpc) is 3.33. The highest BCUT2D eigenvalue weighted by atomic mass is 14.5. The number of allylic oxidation sites excluding steroid dienone is 17. The molecule has 4 aliphatic rings. The number of fused-ring (bicyclic) bond motifs is 2. The second-order valence-corrected chi connectivity index (χ2v) is 11.7. The third-order valence-corrected chi connectivity index (χ3v) is 9.21. The Kier molecular flexibility index (Phi) is 8.19. The van der Waals surface area contributed by atoms with Crippen LogP contribution in [0, 0.1) is 0 Å². The number of hydrogen-bond acceptors (Lipinski definition) is 0. The number of rotatable bonds is 9. The molecule has 0 radical (unpaired) electrons. The van der Waals surface area contributed by atoms with E-state index in [1.165, 1.54) is 44.5 Å². The predicted molar refractivity (Wildman–Crippen MR) is 178 cm³/mol. The van der Waals surface area contributed by atoms with Crippen LogP contribution in [0.2, 0.25) is 0 Å². The topological polar surface area (TPSA) is 0 Å². The van der Waals surface area contributed by atoms with Crippen molar-refractivity contribution in [1.82, 2.24) is 0 Å². The van der Waals surface area contributed by atoms with Crippen molar-refractivity contribution in [1.29, 1.82) is 0 Å². The van der Waals surface area contributed by atoms with Crippen LogP contribution in [-0.2, 0) is 11.8 Å². The third kappa shape index (κ3) is 5.06. The molecule has 0 spiro atoms. The Morgan fingerprint density at radius 3 is 2.63 bits per heavy atom. The highest BCUT2D eigenvalue weighted by Gasteiger charge is 2.49. The van der Waals surface area contributed by atoms with Crippen LogP contribution in [0.3, 0.4) is 0 Å². The van der Waals surface area contributed by atoms with Gasteiger partial charge in [0, 0.05) is 0 Å². The largest absolute Gasteiger partial charge is 0.0991 e. The van der Waals surface area contributed by atoms with E-state index in [1.807, 2.05) is 6.08 Å². The van der Waals surface area contributed by atoms with Gasteiger partial charge >= 0.3 is 0 Å². The first-order valence-corrected chi connectivity index (χ1v) is 15.6. The molecule has 1 atom stereocenters. The summed E-state index contributed by atoms with van der Waals surface area (Å²) >= 11 is 0. The lowest BCUT2D eigenvalue weighted by Crippen LogP contribution is -2.32. The Morgan fingerprint density at radius 1 is 0.951 bits per heavy atom. The van der Waals surface area contributed by atoms with Crippen molar-refractivity contribution in [2.24, 2.45) is 0 Å². The van der Waals surface area contributed by atoms with E-state index in [2.05, 4.69) is 123 Å². The molecule has 1 unspecified atom stereocenters. The van der Waals surface area contributed by atoms with E-state index in [1.54, 1.807) is 11.1 Å². The van der Waals surface area contributed by atoms with E-state index in [9.17, 15) is 0 Å². The van der Waals surface area contributed by atoms with Crippen molar-refractivity contribution in [2.45, 2.75) is 70.1 Å². The van der Waals surface area contributed by atoms with E-state index in [0.717, 1.165) is 57.8 Å². The summed E-state index contributed by atoms with van der Waals surface area (Å²) in [4.78, 5) is 0. The molecule has 0 heterocycles. The first-order chi connectivity index (χ1) is 20.3. The highest BCUT2D eigenvalue weighted by molar-refractivity contribution is 5.91. The zero-order valence-corrected chi connectivity index (χ0v) is 24.5. The Bertz CT molecular complexity index is 1570. The van der Waals surface area contributed by atoms with E-state index in [4.69, 9.17) is 0 Å². The normalized spacial score (nSPS) is 21.9. The number of aryl methyl sites for hydroxylation is 1. The minimum absolute atomic E-state index is 0.123. The standard InChI is InChI=1S/C41H42/c1-3-5-17-33(36-23-13-12-18-32(36)16-4-2)28-26-31-27-29-40-38(30-31)37-24-14-15-25-39(37)41(40,34-19-8-6-9-20-34)35-21-10-7-11-22-35/h3,5-6,8,10,12-15,17-19,21-25,28,30H,1,4,7,9,11,16,20,26-27,29H2,2H3/b17-5-,33-28+. The van der Waals surface area contributed by atoms with Crippen LogP contribution in [0.1, 0.15) is 80.5 Å². The molecule has 0 saturated carbocycles. The zero-order valence-electron chi connectivity index (χ0n) is 24.5. The van der Waals surface area contributed by atoms with Crippen molar-refractivity contribution < 1.29 is 0 Å². The molecular formula is C41H42. The molecule has 41 heavy (non-hydrogen) atoms. The molecule has 4 aliphatic carbocycles. The van der Waals surface area contributed by atoms with Gasteiger partial charge in [0.15, 0.2) is 0 Å². The maximum absolute atomic E-state index is 3.93. The monoisotopic (exact) mass is 534 g/mol. The van der Waals surface area contributed by atoms with Gasteiger partial charge in [0.2, 0.25) is 0 Å². The summed E-state index contributed by atoms with van der Waals surface area (Å²) in [5, 5.41) is 0. The molecule has 0 bridgehead atoms. The lowest BCUT2D eigenvalue weighted by Gasteiger charge is -2.40. The van der Waals surface area contributed by atoms with Gasteiger partial charge in [-0.1, -0.05) is 146 Å². The summed E-state index contributed by atoms with van der Waals surface area (Å²) in [6.45, 7) is 6.19. The van der Waals surface area contributed by atoms with Crippen molar-refractivity contribution in [3.05, 3.63) is 166 Å². The van der Waals surface area contributed by atoms with Gasteiger partial charge in [-0.3, -0.25) is 0 Å². The molecule has 0 nitrogen and oxygen atoms in total. The molecule has 0 saturated heterocycles. The maximum Gasteiger partial charge on any atom is 0.0636 e. The smallest absolute Gasteiger partial charge is 0.0636 e. The van der Waals surface area contributed by atoms with Crippen LogP contribution < -0.4 is 0 Å². The number of benzene rings is 2. The van der Waals surface area contributed by atoms with E-state index in [-0.39, 0.29) is 5.41 Å². The molecular weight excluding hydrogens is 492 g/mol. The Hall–Kier alpha value is -3.90. The van der Waals surface area contributed by atoms with Gasteiger partial charge in [-0.05, 0) is 95.9 Å². The maximum atomic E-state index is 3.93. The molecule has 2 aromatic rings. The SMILES string of the molecule is C=C/C=C\C(=C/CC1=CC2=C(CC1)C(C1=CCCC=C1)(C1=CC=CCC1)c1ccccc12)c1ccccc1CCC. The Balaban J connectivity index is 1.44. The molecule has 0 aromatic heterocycles. The molecule has 0 amide bonds. The van der Waals surface area contributed by atoms with E-state index in [0.29, 0.717) is 0 Å². The fourth-order valence-corrected chi connectivity index (χ4v) is 7.44. The van der Waals surface area contributed by atoms with Crippen LogP contribution in [0.25, 0.3) is 11.1 Å². The van der Waals surface area contributed by atoms with Gasteiger partial charge in [-0.25, -0.2) is 0 Å². The van der Waals surface area contributed by atoms with Crippen LogP contribution in [0.4, 0.5) is 0 Å². The quantitative estimate of drug-likeness (QED) is 0.281. The van der Waals surface area contributed by atoms with Crippen molar-refractivity contribution in [2.75, 3.05) is 0 Å². The minimum Gasteiger partial charge on any atom is -0.0991 e. The van der Waals surface area contributed by atoms with Gasteiger partial charge in [0.05, 0.1) is 5.41 Å². The first-order valence-electron chi connectivity index (χ1n) is 15.6. The van der Waals surface area contributed by atoms with Crippen molar-refractivity contribution in [3.63, 3.8) is 0 Å². The van der Waals surface area contributed by atoms with Crippen LogP contribution in [0.15, 0.2) is 144 Å². The summed E-state index contributed by atoms with van der Waals surface area (Å²) < 4.78 is 0. The fourth-order valence-electron chi connectivity index (χ4n) is 7.44. The van der Waals surface area contributed by atoms with Gasteiger partial charge in [0.1, 0.15) is 0 Å². The molecule has 6 rings (SSSR count). The van der Waals surface area contributed by atoms with Gasteiger partial charge in [-0.2, -0.15) is 0 Å². The molecule has 2 aromatic carbocycles. The fraction of sp³-hybridized carbons (Fsp3) is 0.268. The number of hydrogen-bond donors (Lipinski definition) is 0. The summed E-state index contributed by atoms with van der Waals surface area (Å²) in [6.07, 6.45) is 35.5. The second-order valence-electron chi connectivity index (χ2n) is 11.7. The second kappa shape index (κ2) is 12.3. The lowest BCUT2D eigenvalue weighted by atomic mass is 9.62. The molecule has 0 N–H and O–H groups in total. The average molecular weight is 535 g/mol. The van der Waals surface area contributed by atoms with Crippen molar-refractivity contribution in [3.8, 4) is 0 Å². The van der Waals surface area contributed by atoms with Crippen LogP contribution >= 0.6 is 0 Å². The summed E-state index contributed by atoms with van der Waals surface area (Å²) in [7, 11) is 0. The molecule has 0 heteroatoms. The van der Waals surface area contributed by atoms with Crippen LogP contribution in [0.5, 0.6) is 0 Å². The first kappa shape index (κ1) is 27.3. The summed E-state index contributed by atoms with van der Waals surface area (Å²) in [5.41, 5.74) is 14.5. The highest BCUT2D eigenvalue weighted by Crippen LogP contribution is 2.60. The molecule has 0 aliphatic heterocycles. The summed E-state index contributed by atoms with van der Waals surface area (Å²) in [6, 6.07) is 18.1. The third-order valence-electron chi connectivity index (χ3n) is 9.21. The van der Waals surface area contributed by atoms with E-state index < -0.39 is 0 Å². The molecule has 0 fully saturated rings. The Morgan fingerprint density at radius 2 is 1.83 bits per heavy atom. The predicted octanol–water partition coefficient (Wildman–Crippen LogP) is 11.1. The minimum atomic E-state index is -0.123. The van der Waals surface area contributed by atoms with Crippen LogP contribution in [-0.4, -0.2) is 0 Å². The zero-order chi connectivity index (χ0) is 28.1. The Labute approximate surface area is 247 Å². The van der Waals surface area contributed by atoms with Crippen molar-refractivity contribution >= 4 is 11.1 Å². The summed E-state index contributed by atoms with van der Waals surface area (Å²) in [5.74, 6) is 0. The van der Waals surface area contributed by atoms with Gasteiger partial charge in [-0.15, -0.1) is 0 Å². The van der Waals surface area contributed by atoms with Gasteiger partial charge < -0.3 is 0 Å². The lowest BCUT2D eigenvalue weighted by molar-refractivity contribution is 0.632. The van der Waals surface area contributed by atoms with Gasteiger partial charge in [0.25, 0.3) is 0 Å².